The molecule has 1 unspecified atom stereocenters. The molecule has 1 heterocycles. The summed E-state index contributed by atoms with van der Waals surface area (Å²) in [5, 5.41) is 2.71. The molecule has 1 amide bonds. The van der Waals surface area contributed by atoms with E-state index in [2.05, 4.69) is 5.32 Å². The summed E-state index contributed by atoms with van der Waals surface area (Å²) in [4.78, 5) is 12.4. The highest BCUT2D eigenvalue weighted by Gasteiger charge is 2.19. The van der Waals surface area contributed by atoms with Crippen LogP contribution in [0.3, 0.4) is 0 Å². The molecule has 0 spiro atoms. The van der Waals surface area contributed by atoms with E-state index in [0.717, 1.165) is 12.1 Å². The van der Waals surface area contributed by atoms with Crippen LogP contribution in [-0.4, -0.2) is 5.91 Å². The second kappa shape index (κ2) is 7.82. The van der Waals surface area contributed by atoms with Crippen molar-refractivity contribution in [1.82, 2.24) is 5.32 Å². The van der Waals surface area contributed by atoms with Gasteiger partial charge in [0, 0.05) is 5.56 Å². The summed E-state index contributed by atoms with van der Waals surface area (Å²) in [5.41, 5.74) is 1.04. The molecule has 0 aliphatic rings. The van der Waals surface area contributed by atoms with Gasteiger partial charge in [-0.2, -0.15) is 0 Å². The number of halogens is 2. The number of carbonyl (C=O) groups is 1. The number of para-hydroxylation sites is 1. The van der Waals surface area contributed by atoms with Crippen molar-refractivity contribution in [1.29, 1.82) is 0 Å². The number of hydrogen-bond donors (Lipinski definition) is 1. The molecule has 0 bridgehead atoms. The number of amides is 1. The first-order valence-corrected chi connectivity index (χ1v) is 8.04. The van der Waals surface area contributed by atoms with Gasteiger partial charge in [0.2, 0.25) is 0 Å². The van der Waals surface area contributed by atoms with Gasteiger partial charge in [0.1, 0.15) is 12.4 Å². The van der Waals surface area contributed by atoms with Gasteiger partial charge in [0.15, 0.2) is 17.4 Å². The molecule has 1 N–H and O–H groups in total. The van der Waals surface area contributed by atoms with Crippen molar-refractivity contribution in [2.24, 2.45) is 0 Å². The Morgan fingerprint density at radius 2 is 1.88 bits per heavy atom. The highest BCUT2D eigenvalue weighted by molar-refractivity contribution is 5.93. The van der Waals surface area contributed by atoms with Crippen LogP contribution in [0.5, 0.6) is 5.75 Å². The lowest BCUT2D eigenvalue weighted by molar-refractivity contribution is 0.0908. The monoisotopic (exact) mass is 357 g/mol. The summed E-state index contributed by atoms with van der Waals surface area (Å²) < 4.78 is 37.3. The molecule has 0 aliphatic heterocycles. The van der Waals surface area contributed by atoms with Crippen LogP contribution >= 0.6 is 0 Å². The third-order valence-electron chi connectivity index (χ3n) is 3.88. The molecule has 1 aromatic heterocycles. The second-order valence-electron chi connectivity index (χ2n) is 5.75. The quantitative estimate of drug-likeness (QED) is 0.700. The largest absolute Gasteiger partial charge is 0.489 e. The predicted octanol–water partition coefficient (Wildman–Crippen LogP) is 4.63. The molecule has 0 aliphatic carbocycles. The standard InChI is InChI=1S/C20H17F2NO3/c1-13(14-7-8-17(21)18(22)11-14)23-20(24)19-15(9-10-25-19)12-26-16-5-3-2-4-6-16/h2-11,13H,12H2,1H3,(H,23,24). The van der Waals surface area contributed by atoms with Gasteiger partial charge < -0.3 is 14.5 Å². The number of furan rings is 1. The summed E-state index contributed by atoms with van der Waals surface area (Å²) >= 11 is 0. The zero-order valence-electron chi connectivity index (χ0n) is 14.0. The van der Waals surface area contributed by atoms with Crippen LogP contribution in [0.2, 0.25) is 0 Å². The lowest BCUT2D eigenvalue weighted by Gasteiger charge is -2.14. The molecule has 4 nitrogen and oxygen atoms in total. The summed E-state index contributed by atoms with van der Waals surface area (Å²) in [7, 11) is 0. The van der Waals surface area contributed by atoms with Gasteiger partial charge in [-0.3, -0.25) is 4.79 Å². The minimum absolute atomic E-state index is 0.121. The molecule has 0 saturated heterocycles. The van der Waals surface area contributed by atoms with E-state index in [0.29, 0.717) is 16.9 Å². The second-order valence-corrected chi connectivity index (χ2v) is 5.75. The van der Waals surface area contributed by atoms with Gasteiger partial charge in [-0.05, 0) is 42.8 Å². The molecular formula is C20H17F2NO3. The predicted molar refractivity (Wildman–Crippen MR) is 91.7 cm³/mol. The Balaban J connectivity index is 1.66. The Morgan fingerprint density at radius 3 is 2.62 bits per heavy atom. The zero-order valence-corrected chi connectivity index (χ0v) is 14.0. The Kier molecular flexibility index (Phi) is 5.31. The molecule has 0 fully saturated rings. The number of hydrogen-bond acceptors (Lipinski definition) is 3. The third-order valence-corrected chi connectivity index (χ3v) is 3.88. The topological polar surface area (TPSA) is 51.5 Å². The fraction of sp³-hybridized carbons (Fsp3) is 0.150. The molecular weight excluding hydrogens is 340 g/mol. The molecule has 6 heteroatoms. The van der Waals surface area contributed by atoms with E-state index in [1.54, 1.807) is 13.0 Å². The van der Waals surface area contributed by atoms with E-state index in [1.807, 2.05) is 30.3 Å². The molecule has 2 aromatic carbocycles. The van der Waals surface area contributed by atoms with Crippen LogP contribution in [0.15, 0.2) is 65.3 Å². The summed E-state index contributed by atoms with van der Waals surface area (Å²) in [5.74, 6) is -1.55. The summed E-state index contributed by atoms with van der Waals surface area (Å²) in [6.45, 7) is 1.84. The Labute approximate surface area is 149 Å². The lowest BCUT2D eigenvalue weighted by atomic mass is 10.1. The lowest BCUT2D eigenvalue weighted by Crippen LogP contribution is -2.27. The van der Waals surface area contributed by atoms with Gasteiger partial charge in [-0.25, -0.2) is 8.78 Å². The van der Waals surface area contributed by atoms with Gasteiger partial charge in [0.05, 0.1) is 12.3 Å². The van der Waals surface area contributed by atoms with Gasteiger partial charge in [0.25, 0.3) is 5.91 Å². The Morgan fingerprint density at radius 1 is 1.12 bits per heavy atom. The fourth-order valence-corrected chi connectivity index (χ4v) is 2.45. The number of rotatable bonds is 6. The van der Waals surface area contributed by atoms with Gasteiger partial charge in [-0.15, -0.1) is 0 Å². The van der Waals surface area contributed by atoms with Crippen molar-refractivity contribution in [3.8, 4) is 5.75 Å². The molecule has 3 rings (SSSR count). The molecule has 1 atom stereocenters. The van der Waals surface area contributed by atoms with E-state index in [4.69, 9.17) is 9.15 Å². The number of carbonyl (C=O) groups excluding carboxylic acids is 1. The zero-order chi connectivity index (χ0) is 18.5. The van der Waals surface area contributed by atoms with Crippen LogP contribution in [-0.2, 0) is 6.61 Å². The number of ether oxygens (including phenoxy) is 1. The normalized spacial score (nSPS) is 11.8. The fourth-order valence-electron chi connectivity index (χ4n) is 2.45. The van der Waals surface area contributed by atoms with Crippen LogP contribution in [0.4, 0.5) is 8.78 Å². The van der Waals surface area contributed by atoms with Gasteiger partial charge in [-0.1, -0.05) is 24.3 Å². The van der Waals surface area contributed by atoms with Crippen molar-refractivity contribution < 1.29 is 22.7 Å². The maximum absolute atomic E-state index is 13.4. The molecule has 26 heavy (non-hydrogen) atoms. The Hall–Kier alpha value is -3.15. The van der Waals surface area contributed by atoms with Crippen molar-refractivity contribution in [3.63, 3.8) is 0 Å². The molecule has 0 radical (unpaired) electrons. The highest BCUT2D eigenvalue weighted by Crippen LogP contribution is 2.19. The van der Waals surface area contributed by atoms with Crippen molar-refractivity contribution >= 4 is 5.91 Å². The van der Waals surface area contributed by atoms with E-state index in [-0.39, 0.29) is 12.4 Å². The summed E-state index contributed by atoms with van der Waals surface area (Å²) in [6.07, 6.45) is 1.40. The first-order chi connectivity index (χ1) is 12.5. The van der Waals surface area contributed by atoms with Crippen LogP contribution in [0.1, 0.15) is 34.6 Å². The maximum Gasteiger partial charge on any atom is 0.287 e. The SMILES string of the molecule is CC(NC(=O)c1occc1COc1ccccc1)c1ccc(F)c(F)c1. The number of benzene rings is 2. The van der Waals surface area contributed by atoms with Gasteiger partial charge >= 0.3 is 0 Å². The smallest absolute Gasteiger partial charge is 0.287 e. The minimum atomic E-state index is -0.960. The van der Waals surface area contributed by atoms with E-state index in [9.17, 15) is 13.6 Å². The van der Waals surface area contributed by atoms with Crippen molar-refractivity contribution in [3.05, 3.63) is 89.4 Å². The molecule has 3 aromatic rings. The molecule has 0 saturated carbocycles. The highest BCUT2D eigenvalue weighted by atomic mass is 19.2. The third kappa shape index (κ3) is 4.08. The minimum Gasteiger partial charge on any atom is -0.489 e. The molecule has 134 valence electrons. The van der Waals surface area contributed by atoms with E-state index in [1.165, 1.54) is 12.3 Å². The van der Waals surface area contributed by atoms with Crippen LogP contribution in [0, 0.1) is 11.6 Å². The van der Waals surface area contributed by atoms with Crippen LogP contribution in [0.25, 0.3) is 0 Å². The average molecular weight is 357 g/mol. The van der Waals surface area contributed by atoms with Crippen molar-refractivity contribution in [2.45, 2.75) is 19.6 Å². The Bertz CT molecular complexity index is 893. The maximum atomic E-state index is 13.4. The van der Waals surface area contributed by atoms with E-state index < -0.39 is 23.6 Å². The summed E-state index contributed by atoms with van der Waals surface area (Å²) in [6, 6.07) is 13.8. The average Bonchev–Trinajstić information content (AvgIpc) is 3.12. The first-order valence-electron chi connectivity index (χ1n) is 8.04. The first kappa shape index (κ1) is 17.7. The van der Waals surface area contributed by atoms with Crippen molar-refractivity contribution in [2.75, 3.05) is 0 Å². The van der Waals surface area contributed by atoms with Crippen LogP contribution < -0.4 is 10.1 Å². The number of nitrogens with one attached hydrogen (secondary N) is 1. The van der Waals surface area contributed by atoms with E-state index >= 15 is 0 Å².